The monoisotopic (exact) mass is 258 g/mol. The van der Waals surface area contributed by atoms with E-state index in [1.165, 1.54) is 17.7 Å². The third-order valence-corrected chi connectivity index (χ3v) is 3.36. The summed E-state index contributed by atoms with van der Waals surface area (Å²) in [7, 11) is 1.45. The van der Waals surface area contributed by atoms with Crippen molar-refractivity contribution in [2.24, 2.45) is 13.0 Å². The van der Waals surface area contributed by atoms with E-state index in [4.69, 9.17) is 16.3 Å². The highest BCUT2D eigenvalue weighted by Crippen LogP contribution is 2.16. The Kier molecular flexibility index (Phi) is 3.69. The minimum atomic E-state index is -0.379. The lowest BCUT2D eigenvalue weighted by molar-refractivity contribution is 0.0477. The van der Waals surface area contributed by atoms with Crippen molar-refractivity contribution >= 4 is 11.6 Å². The average molecular weight is 259 g/mol. The Morgan fingerprint density at radius 2 is 2.29 bits per heavy atom. The van der Waals surface area contributed by atoms with E-state index in [9.17, 15) is 9.59 Å². The molecule has 5 nitrogen and oxygen atoms in total. The van der Waals surface area contributed by atoms with Crippen molar-refractivity contribution in [3.8, 4) is 0 Å². The van der Waals surface area contributed by atoms with Crippen molar-refractivity contribution in [3.63, 3.8) is 0 Å². The fourth-order valence-corrected chi connectivity index (χ4v) is 2.25. The number of halogens is 1. The van der Waals surface area contributed by atoms with Crippen molar-refractivity contribution in [2.75, 3.05) is 13.2 Å². The van der Waals surface area contributed by atoms with E-state index in [-0.39, 0.29) is 22.3 Å². The second-order valence-electron chi connectivity index (χ2n) is 4.34. The minimum absolute atomic E-state index is 0.198. The van der Waals surface area contributed by atoms with E-state index in [2.05, 4.69) is 0 Å². The van der Waals surface area contributed by atoms with Gasteiger partial charge in [0.25, 0.3) is 5.56 Å². The van der Waals surface area contributed by atoms with Crippen LogP contribution in [-0.2, 0) is 18.3 Å². The van der Waals surface area contributed by atoms with E-state index in [0.29, 0.717) is 13.2 Å². The Hall–Kier alpha value is -1.07. The third kappa shape index (κ3) is 2.61. The highest BCUT2D eigenvalue weighted by atomic mass is 35.5. The zero-order chi connectivity index (χ0) is 12.4. The van der Waals surface area contributed by atoms with E-state index in [1.807, 2.05) is 0 Å². The zero-order valence-corrected chi connectivity index (χ0v) is 10.4. The van der Waals surface area contributed by atoms with Gasteiger partial charge in [0, 0.05) is 32.2 Å². The van der Waals surface area contributed by atoms with Crippen LogP contribution in [0, 0.1) is 5.92 Å². The number of hydrogen-bond donors (Lipinski definition) is 0. The smallest absolute Gasteiger partial charge is 0.331 e. The van der Waals surface area contributed by atoms with Crippen molar-refractivity contribution in [3.05, 3.63) is 32.1 Å². The highest BCUT2D eigenvalue weighted by molar-refractivity contribution is 6.29. The second-order valence-corrected chi connectivity index (χ2v) is 4.73. The van der Waals surface area contributed by atoms with Gasteiger partial charge in [-0.1, -0.05) is 11.6 Å². The molecule has 6 heteroatoms. The largest absolute Gasteiger partial charge is 0.381 e. The van der Waals surface area contributed by atoms with E-state index in [1.54, 1.807) is 0 Å². The summed E-state index contributed by atoms with van der Waals surface area (Å²) in [6.07, 6.45) is 2.02. The van der Waals surface area contributed by atoms with Gasteiger partial charge in [-0.25, -0.2) is 4.79 Å². The lowest BCUT2D eigenvalue weighted by Crippen LogP contribution is -2.39. The van der Waals surface area contributed by atoms with Gasteiger partial charge in [-0.15, -0.1) is 0 Å². The van der Waals surface area contributed by atoms with Crippen LogP contribution in [0.25, 0.3) is 0 Å². The standard InChI is InChI=1S/C11H15ClN2O3/c1-13-10(15)5-9(12)14(11(13)16)6-8-3-2-4-17-7-8/h5,8H,2-4,6-7H2,1H3/t8-/m1/s1. The third-order valence-electron chi connectivity index (χ3n) is 3.04. The van der Waals surface area contributed by atoms with Gasteiger partial charge in [0.2, 0.25) is 0 Å². The summed E-state index contributed by atoms with van der Waals surface area (Å²) >= 11 is 5.93. The molecule has 2 heterocycles. The Balaban J connectivity index is 2.29. The average Bonchev–Trinajstić information content (AvgIpc) is 2.33. The van der Waals surface area contributed by atoms with Gasteiger partial charge in [0.1, 0.15) is 5.15 Å². The summed E-state index contributed by atoms with van der Waals surface area (Å²) < 4.78 is 7.86. The number of ether oxygens (including phenoxy) is 1. The first kappa shape index (κ1) is 12.4. The van der Waals surface area contributed by atoms with Crippen LogP contribution in [0.15, 0.2) is 15.7 Å². The second kappa shape index (κ2) is 5.06. The molecular weight excluding hydrogens is 244 g/mol. The van der Waals surface area contributed by atoms with Crippen LogP contribution in [0.2, 0.25) is 5.15 Å². The molecule has 1 saturated heterocycles. The van der Waals surface area contributed by atoms with Crippen molar-refractivity contribution in [1.82, 2.24) is 9.13 Å². The fourth-order valence-electron chi connectivity index (χ4n) is 2.02. The number of aromatic nitrogens is 2. The van der Waals surface area contributed by atoms with E-state index < -0.39 is 0 Å². The first-order valence-electron chi connectivity index (χ1n) is 5.63. The zero-order valence-electron chi connectivity index (χ0n) is 9.69. The van der Waals surface area contributed by atoms with Gasteiger partial charge in [-0.3, -0.25) is 13.9 Å². The summed E-state index contributed by atoms with van der Waals surface area (Å²) in [6, 6.07) is 1.27. The van der Waals surface area contributed by atoms with Gasteiger partial charge in [0.15, 0.2) is 0 Å². The van der Waals surface area contributed by atoms with Crippen LogP contribution < -0.4 is 11.2 Å². The predicted octanol–water partition coefficient (Wildman–Crippen LogP) is 0.627. The maximum absolute atomic E-state index is 11.9. The molecule has 0 spiro atoms. The van der Waals surface area contributed by atoms with Crippen LogP contribution in [0.1, 0.15) is 12.8 Å². The van der Waals surface area contributed by atoms with E-state index in [0.717, 1.165) is 24.0 Å². The van der Waals surface area contributed by atoms with Crippen LogP contribution in [0.4, 0.5) is 0 Å². The molecule has 1 aromatic rings. The summed E-state index contributed by atoms with van der Waals surface area (Å²) in [5.74, 6) is 0.288. The Morgan fingerprint density at radius 3 is 2.94 bits per heavy atom. The molecule has 94 valence electrons. The van der Waals surface area contributed by atoms with Gasteiger partial charge in [-0.2, -0.15) is 0 Å². The molecule has 1 atom stereocenters. The van der Waals surface area contributed by atoms with Gasteiger partial charge < -0.3 is 4.74 Å². The fraction of sp³-hybridized carbons (Fsp3) is 0.636. The highest BCUT2D eigenvalue weighted by Gasteiger charge is 2.17. The molecule has 1 aliphatic heterocycles. The number of hydrogen-bond acceptors (Lipinski definition) is 3. The van der Waals surface area contributed by atoms with E-state index >= 15 is 0 Å². The number of rotatable bonds is 2. The Bertz CT molecular complexity index is 514. The molecule has 2 rings (SSSR count). The van der Waals surface area contributed by atoms with Crippen LogP contribution >= 0.6 is 11.6 Å². The van der Waals surface area contributed by atoms with Gasteiger partial charge in [-0.05, 0) is 12.8 Å². The molecule has 1 aromatic heterocycles. The molecule has 0 bridgehead atoms. The quantitative estimate of drug-likeness (QED) is 0.731. The molecule has 0 saturated carbocycles. The van der Waals surface area contributed by atoms with Gasteiger partial charge >= 0.3 is 5.69 Å². The maximum atomic E-state index is 11.9. The van der Waals surface area contributed by atoms with Crippen molar-refractivity contribution < 1.29 is 4.74 Å². The molecule has 0 aromatic carbocycles. The minimum Gasteiger partial charge on any atom is -0.381 e. The summed E-state index contributed by atoms with van der Waals surface area (Å²) in [5.41, 5.74) is -0.746. The normalized spacial score (nSPS) is 20.5. The van der Waals surface area contributed by atoms with Crippen LogP contribution in [-0.4, -0.2) is 22.3 Å². The van der Waals surface area contributed by atoms with Crippen LogP contribution in [0.5, 0.6) is 0 Å². The SMILES string of the molecule is Cn1c(=O)cc(Cl)n(C[C@H]2CCCOC2)c1=O. The molecule has 1 aliphatic rings. The Morgan fingerprint density at radius 1 is 1.53 bits per heavy atom. The maximum Gasteiger partial charge on any atom is 0.331 e. The van der Waals surface area contributed by atoms with Crippen molar-refractivity contribution in [2.45, 2.75) is 19.4 Å². The molecule has 0 N–H and O–H groups in total. The van der Waals surface area contributed by atoms with Crippen LogP contribution in [0.3, 0.4) is 0 Å². The molecule has 0 radical (unpaired) electrons. The predicted molar refractivity (Wildman–Crippen MR) is 64.5 cm³/mol. The summed E-state index contributed by atoms with van der Waals surface area (Å²) in [6.45, 7) is 1.93. The Labute approximate surface area is 104 Å². The number of nitrogens with zero attached hydrogens (tertiary/aromatic N) is 2. The molecule has 0 unspecified atom stereocenters. The molecule has 0 aliphatic carbocycles. The lowest BCUT2D eigenvalue weighted by atomic mass is 10.0. The van der Waals surface area contributed by atoms with Gasteiger partial charge in [0.05, 0.1) is 6.61 Å². The molecule has 0 amide bonds. The summed E-state index contributed by atoms with van der Waals surface area (Å²) in [5, 5.41) is 0.198. The molecule has 1 fully saturated rings. The topological polar surface area (TPSA) is 53.2 Å². The first-order valence-corrected chi connectivity index (χ1v) is 6.01. The lowest BCUT2D eigenvalue weighted by Gasteiger charge is -2.23. The first-order chi connectivity index (χ1) is 8.09. The molecular formula is C11H15ClN2O3. The summed E-state index contributed by atoms with van der Waals surface area (Å²) in [4.78, 5) is 23.2. The van der Waals surface area contributed by atoms with Crippen molar-refractivity contribution in [1.29, 1.82) is 0 Å². The molecule has 17 heavy (non-hydrogen) atoms.